The molecule has 0 aliphatic carbocycles. The highest BCUT2D eigenvalue weighted by molar-refractivity contribution is 6.39. The van der Waals surface area contributed by atoms with Crippen molar-refractivity contribution in [3.8, 4) is 0 Å². The van der Waals surface area contributed by atoms with E-state index in [0.29, 0.717) is 16.6 Å². The van der Waals surface area contributed by atoms with E-state index in [1.165, 1.54) is 0 Å². The predicted molar refractivity (Wildman–Crippen MR) is 82.2 cm³/mol. The summed E-state index contributed by atoms with van der Waals surface area (Å²) in [6, 6.07) is 14.2. The molecule has 2 aromatic rings. The van der Waals surface area contributed by atoms with E-state index in [0.717, 1.165) is 5.56 Å². The van der Waals surface area contributed by atoms with E-state index >= 15 is 0 Å². The number of benzene rings is 2. The van der Waals surface area contributed by atoms with Crippen molar-refractivity contribution in [3.05, 3.63) is 69.7 Å². The monoisotopic (exact) mass is 308 g/mol. The summed E-state index contributed by atoms with van der Waals surface area (Å²) >= 11 is 12.0. The molecule has 0 saturated heterocycles. The van der Waals surface area contributed by atoms with Crippen LogP contribution in [0.5, 0.6) is 0 Å². The van der Waals surface area contributed by atoms with Gasteiger partial charge in [0.15, 0.2) is 0 Å². The minimum absolute atomic E-state index is 0.274. The van der Waals surface area contributed by atoms with Crippen molar-refractivity contribution in [2.24, 2.45) is 5.73 Å². The molecule has 0 radical (unpaired) electrons. The van der Waals surface area contributed by atoms with Crippen LogP contribution < -0.4 is 11.1 Å². The topological polar surface area (TPSA) is 55.1 Å². The number of nitrogens with two attached hydrogens (primary N) is 1. The van der Waals surface area contributed by atoms with Crippen molar-refractivity contribution < 1.29 is 4.79 Å². The zero-order valence-corrected chi connectivity index (χ0v) is 12.2. The fourth-order valence-corrected chi connectivity index (χ4v) is 2.39. The lowest BCUT2D eigenvalue weighted by atomic mass is 10.1. The molecular formula is C15H14Cl2N2O. The second-order valence-electron chi connectivity index (χ2n) is 4.32. The largest absolute Gasteiger partial charge is 0.350 e. The fraction of sp³-hybridized carbons (Fsp3) is 0.133. The van der Waals surface area contributed by atoms with Crippen LogP contribution in [0, 0.1) is 0 Å². The van der Waals surface area contributed by atoms with Crippen LogP contribution in [0.1, 0.15) is 22.0 Å². The minimum Gasteiger partial charge on any atom is -0.350 e. The highest BCUT2D eigenvalue weighted by Gasteiger charge is 2.15. The second-order valence-corrected chi connectivity index (χ2v) is 5.14. The van der Waals surface area contributed by atoms with Gasteiger partial charge in [-0.15, -0.1) is 0 Å². The van der Waals surface area contributed by atoms with Gasteiger partial charge in [0, 0.05) is 12.6 Å². The summed E-state index contributed by atoms with van der Waals surface area (Å²) in [5, 5.41) is 3.39. The van der Waals surface area contributed by atoms with Gasteiger partial charge in [0.25, 0.3) is 5.91 Å². The van der Waals surface area contributed by atoms with Gasteiger partial charge in [-0.1, -0.05) is 59.6 Å². The SMILES string of the molecule is NC(CNC(=O)c1c(Cl)cccc1Cl)c1ccccc1. The van der Waals surface area contributed by atoms with E-state index in [2.05, 4.69) is 5.32 Å². The molecule has 1 amide bonds. The van der Waals surface area contributed by atoms with Crippen molar-refractivity contribution in [2.75, 3.05) is 6.54 Å². The van der Waals surface area contributed by atoms with E-state index in [9.17, 15) is 4.79 Å². The van der Waals surface area contributed by atoms with Gasteiger partial charge in [0.1, 0.15) is 0 Å². The molecule has 0 aliphatic heterocycles. The number of hydrogen-bond donors (Lipinski definition) is 2. The zero-order chi connectivity index (χ0) is 14.5. The summed E-state index contributed by atoms with van der Waals surface area (Å²) < 4.78 is 0. The fourth-order valence-electron chi connectivity index (χ4n) is 1.82. The molecule has 2 aromatic carbocycles. The highest BCUT2D eigenvalue weighted by Crippen LogP contribution is 2.24. The van der Waals surface area contributed by atoms with Crippen molar-refractivity contribution in [1.29, 1.82) is 0 Å². The molecule has 5 heteroatoms. The first-order chi connectivity index (χ1) is 9.59. The number of rotatable bonds is 4. The Morgan fingerprint density at radius 1 is 1.05 bits per heavy atom. The first-order valence-corrected chi connectivity index (χ1v) is 6.88. The van der Waals surface area contributed by atoms with Crippen LogP contribution in [0.2, 0.25) is 10.0 Å². The maximum atomic E-state index is 12.1. The van der Waals surface area contributed by atoms with E-state index in [1.807, 2.05) is 30.3 Å². The molecule has 20 heavy (non-hydrogen) atoms. The highest BCUT2D eigenvalue weighted by atomic mass is 35.5. The van der Waals surface area contributed by atoms with Crippen molar-refractivity contribution in [2.45, 2.75) is 6.04 Å². The Bertz CT molecular complexity index is 582. The molecule has 0 bridgehead atoms. The molecule has 0 spiro atoms. The number of hydrogen-bond acceptors (Lipinski definition) is 2. The summed E-state index contributed by atoms with van der Waals surface area (Å²) in [5.41, 5.74) is 7.25. The summed E-state index contributed by atoms with van der Waals surface area (Å²) in [4.78, 5) is 12.1. The normalized spacial score (nSPS) is 11.9. The zero-order valence-electron chi connectivity index (χ0n) is 10.6. The number of halogens is 2. The van der Waals surface area contributed by atoms with Crippen LogP contribution in [0.25, 0.3) is 0 Å². The molecule has 3 nitrogen and oxygen atoms in total. The van der Waals surface area contributed by atoms with Crippen LogP contribution in [0.15, 0.2) is 48.5 Å². The lowest BCUT2D eigenvalue weighted by Crippen LogP contribution is -2.32. The molecule has 0 fully saturated rings. The summed E-state index contributed by atoms with van der Waals surface area (Å²) in [7, 11) is 0. The average molecular weight is 309 g/mol. The van der Waals surface area contributed by atoms with E-state index < -0.39 is 0 Å². The third-order valence-electron chi connectivity index (χ3n) is 2.90. The van der Waals surface area contributed by atoms with Crippen molar-refractivity contribution in [3.63, 3.8) is 0 Å². The van der Waals surface area contributed by atoms with Gasteiger partial charge in [-0.25, -0.2) is 0 Å². The van der Waals surface area contributed by atoms with E-state index in [4.69, 9.17) is 28.9 Å². The Labute approximate surface area is 127 Å². The maximum absolute atomic E-state index is 12.1. The van der Waals surface area contributed by atoms with Gasteiger partial charge >= 0.3 is 0 Å². The molecular weight excluding hydrogens is 295 g/mol. The molecule has 2 rings (SSSR count). The van der Waals surface area contributed by atoms with Crippen LogP contribution in [-0.4, -0.2) is 12.5 Å². The molecule has 1 atom stereocenters. The Kier molecular flexibility index (Phi) is 5.01. The van der Waals surface area contributed by atoms with Crippen LogP contribution in [0.3, 0.4) is 0 Å². The van der Waals surface area contributed by atoms with Gasteiger partial charge in [0.2, 0.25) is 0 Å². The Balaban J connectivity index is 2.03. The summed E-state index contributed by atoms with van der Waals surface area (Å²) in [6.45, 7) is 0.310. The van der Waals surface area contributed by atoms with Crippen LogP contribution >= 0.6 is 23.2 Å². The van der Waals surface area contributed by atoms with E-state index in [-0.39, 0.29) is 17.5 Å². The smallest absolute Gasteiger partial charge is 0.254 e. The number of carbonyl (C=O) groups is 1. The van der Waals surface area contributed by atoms with Gasteiger partial charge < -0.3 is 11.1 Å². The predicted octanol–water partition coefficient (Wildman–Crippen LogP) is 3.42. The number of carbonyl (C=O) groups excluding carboxylic acids is 1. The second kappa shape index (κ2) is 6.75. The first kappa shape index (κ1) is 14.9. The van der Waals surface area contributed by atoms with Crippen molar-refractivity contribution in [1.82, 2.24) is 5.32 Å². The van der Waals surface area contributed by atoms with Gasteiger partial charge in [-0.3, -0.25) is 4.79 Å². The third kappa shape index (κ3) is 3.51. The maximum Gasteiger partial charge on any atom is 0.254 e. The van der Waals surface area contributed by atoms with Gasteiger partial charge in [-0.2, -0.15) is 0 Å². The molecule has 3 N–H and O–H groups in total. The standard InChI is InChI=1S/C15H14Cl2N2O/c16-11-7-4-8-12(17)14(11)15(20)19-9-13(18)10-5-2-1-3-6-10/h1-8,13H,9,18H2,(H,19,20). The molecule has 104 valence electrons. The lowest BCUT2D eigenvalue weighted by Gasteiger charge is -2.14. The van der Waals surface area contributed by atoms with Gasteiger partial charge in [-0.05, 0) is 17.7 Å². The number of nitrogens with one attached hydrogen (secondary N) is 1. The van der Waals surface area contributed by atoms with Crippen LogP contribution in [0.4, 0.5) is 0 Å². The first-order valence-electron chi connectivity index (χ1n) is 6.12. The minimum atomic E-state index is -0.327. The quantitative estimate of drug-likeness (QED) is 0.909. The Morgan fingerprint density at radius 3 is 2.25 bits per heavy atom. The Hall–Kier alpha value is -1.55. The number of amides is 1. The van der Waals surface area contributed by atoms with E-state index in [1.54, 1.807) is 18.2 Å². The third-order valence-corrected chi connectivity index (χ3v) is 3.53. The molecule has 0 aromatic heterocycles. The molecule has 1 unspecified atom stereocenters. The Morgan fingerprint density at radius 2 is 1.65 bits per heavy atom. The summed E-state index contributed by atoms with van der Waals surface area (Å²) in [6.07, 6.45) is 0. The lowest BCUT2D eigenvalue weighted by molar-refractivity contribution is 0.0951. The summed E-state index contributed by atoms with van der Waals surface area (Å²) in [5.74, 6) is -0.327. The van der Waals surface area contributed by atoms with Gasteiger partial charge in [0.05, 0.1) is 15.6 Å². The average Bonchev–Trinajstić information content (AvgIpc) is 2.45. The van der Waals surface area contributed by atoms with Crippen molar-refractivity contribution >= 4 is 29.1 Å². The molecule has 0 heterocycles. The molecule has 0 saturated carbocycles. The van der Waals surface area contributed by atoms with Crippen LogP contribution in [-0.2, 0) is 0 Å². The molecule has 0 aliphatic rings.